The van der Waals surface area contributed by atoms with Gasteiger partial charge in [-0.25, -0.2) is 0 Å². The summed E-state index contributed by atoms with van der Waals surface area (Å²) in [6.07, 6.45) is 1.32. The second kappa shape index (κ2) is 11.9. The van der Waals surface area contributed by atoms with Crippen molar-refractivity contribution >= 4 is 11.9 Å². The summed E-state index contributed by atoms with van der Waals surface area (Å²) < 4.78 is 0. The van der Waals surface area contributed by atoms with Crippen LogP contribution in [-0.2, 0) is 9.59 Å². The molecule has 2 aromatic rings. The topological polar surface area (TPSA) is 98.7 Å². The van der Waals surface area contributed by atoms with Crippen LogP contribution in [0, 0.1) is 0 Å². The van der Waals surface area contributed by atoms with Crippen molar-refractivity contribution in [2.24, 2.45) is 0 Å². The van der Waals surface area contributed by atoms with Gasteiger partial charge >= 0.3 is 11.9 Å². The average Bonchev–Trinajstić information content (AvgIpc) is 2.70. The maximum absolute atomic E-state index is 10.8. The second-order valence-corrected chi connectivity index (χ2v) is 6.68. The van der Waals surface area contributed by atoms with Crippen LogP contribution in [0.5, 0.6) is 0 Å². The van der Waals surface area contributed by atoms with Crippen LogP contribution in [0.2, 0.25) is 0 Å². The molecule has 0 saturated heterocycles. The van der Waals surface area contributed by atoms with Crippen LogP contribution in [0.1, 0.15) is 48.9 Å². The van der Waals surface area contributed by atoms with Crippen molar-refractivity contribution in [3.8, 4) is 0 Å². The number of rotatable bonds is 13. The van der Waals surface area contributed by atoms with E-state index >= 15 is 0 Å². The van der Waals surface area contributed by atoms with Crippen molar-refractivity contribution in [2.75, 3.05) is 13.1 Å². The number of carboxylic acids is 2. The zero-order valence-electron chi connectivity index (χ0n) is 15.9. The Morgan fingerprint density at radius 1 is 0.679 bits per heavy atom. The molecule has 2 rings (SSSR count). The molecule has 0 saturated carbocycles. The highest BCUT2D eigenvalue weighted by molar-refractivity contribution is 5.66. The van der Waals surface area contributed by atoms with Gasteiger partial charge < -0.3 is 20.8 Å². The van der Waals surface area contributed by atoms with Gasteiger partial charge in [-0.05, 0) is 37.1 Å². The Balaban J connectivity index is 2.18. The summed E-state index contributed by atoms with van der Waals surface area (Å²) in [6.45, 7) is 1.15. The summed E-state index contributed by atoms with van der Waals surface area (Å²) in [4.78, 5) is 21.6. The monoisotopic (exact) mass is 384 g/mol. The maximum atomic E-state index is 10.8. The molecule has 0 radical (unpaired) electrons. The fraction of sp³-hybridized carbons (Fsp3) is 0.364. The van der Waals surface area contributed by atoms with Crippen molar-refractivity contribution < 1.29 is 19.8 Å². The Bertz CT molecular complexity index is 658. The standard InChI is InChI=1S/C22H28N2O4/c25-19(26)13-7-15-23-21(17-9-3-1-4-10-17)22(18-11-5-2-6-12-18)24-16-8-14-20(27)28/h1-6,9-12,21-24H,7-8,13-16H2,(H,25,26)(H,27,28)/t21-,22-/m1/s1. The first-order valence-corrected chi connectivity index (χ1v) is 9.58. The predicted molar refractivity (Wildman–Crippen MR) is 108 cm³/mol. The van der Waals surface area contributed by atoms with Gasteiger partial charge in [0.2, 0.25) is 0 Å². The summed E-state index contributed by atoms with van der Waals surface area (Å²) in [5.74, 6) is -1.60. The minimum atomic E-state index is -0.801. The lowest BCUT2D eigenvalue weighted by Gasteiger charge is -2.30. The highest BCUT2D eigenvalue weighted by atomic mass is 16.4. The molecule has 0 bridgehead atoms. The molecule has 0 heterocycles. The number of carboxylic acid groups (broad SMARTS) is 2. The van der Waals surface area contributed by atoms with Crippen molar-refractivity contribution in [1.29, 1.82) is 0 Å². The fourth-order valence-corrected chi connectivity index (χ4v) is 3.17. The molecule has 0 aromatic heterocycles. The first-order chi connectivity index (χ1) is 13.6. The summed E-state index contributed by atoms with van der Waals surface area (Å²) >= 11 is 0. The van der Waals surface area contributed by atoms with Gasteiger partial charge in [0, 0.05) is 12.8 Å². The van der Waals surface area contributed by atoms with Crippen LogP contribution >= 0.6 is 0 Å². The van der Waals surface area contributed by atoms with Gasteiger partial charge in [-0.1, -0.05) is 60.7 Å². The number of aliphatic carboxylic acids is 2. The van der Waals surface area contributed by atoms with E-state index in [1.807, 2.05) is 60.7 Å². The van der Waals surface area contributed by atoms with Crippen LogP contribution in [0.3, 0.4) is 0 Å². The molecule has 150 valence electrons. The van der Waals surface area contributed by atoms with E-state index in [9.17, 15) is 9.59 Å². The molecule has 2 aromatic carbocycles. The van der Waals surface area contributed by atoms with Crippen LogP contribution in [-0.4, -0.2) is 35.2 Å². The molecule has 0 spiro atoms. The van der Waals surface area contributed by atoms with Crippen molar-refractivity contribution in [2.45, 2.75) is 37.8 Å². The smallest absolute Gasteiger partial charge is 0.303 e. The van der Waals surface area contributed by atoms with Crippen LogP contribution < -0.4 is 10.6 Å². The Hall–Kier alpha value is -2.70. The van der Waals surface area contributed by atoms with Crippen molar-refractivity contribution in [3.05, 3.63) is 71.8 Å². The van der Waals surface area contributed by atoms with Gasteiger partial charge in [-0.15, -0.1) is 0 Å². The lowest BCUT2D eigenvalue weighted by molar-refractivity contribution is -0.138. The normalized spacial score (nSPS) is 13.0. The molecule has 6 nitrogen and oxygen atoms in total. The molecule has 6 heteroatoms. The zero-order chi connectivity index (χ0) is 20.2. The van der Waals surface area contributed by atoms with Gasteiger partial charge in [-0.3, -0.25) is 9.59 Å². The van der Waals surface area contributed by atoms with E-state index in [1.54, 1.807) is 0 Å². The number of hydrogen-bond acceptors (Lipinski definition) is 4. The van der Waals surface area contributed by atoms with E-state index in [0.29, 0.717) is 25.9 Å². The lowest BCUT2D eigenvalue weighted by atomic mass is 9.93. The van der Waals surface area contributed by atoms with Crippen molar-refractivity contribution in [3.63, 3.8) is 0 Å². The highest BCUT2D eigenvalue weighted by Crippen LogP contribution is 2.29. The predicted octanol–water partition coefficient (Wildman–Crippen LogP) is 3.38. The molecule has 0 aliphatic heterocycles. The van der Waals surface area contributed by atoms with Gasteiger partial charge in [0.1, 0.15) is 0 Å². The summed E-state index contributed by atoms with van der Waals surface area (Å²) in [7, 11) is 0. The second-order valence-electron chi connectivity index (χ2n) is 6.68. The van der Waals surface area contributed by atoms with E-state index in [4.69, 9.17) is 10.2 Å². The minimum absolute atomic E-state index is 0.0674. The van der Waals surface area contributed by atoms with Gasteiger partial charge in [0.15, 0.2) is 0 Å². The Morgan fingerprint density at radius 2 is 1.04 bits per heavy atom. The summed E-state index contributed by atoms with van der Waals surface area (Å²) in [6, 6.07) is 19.9. The maximum Gasteiger partial charge on any atom is 0.303 e. The molecule has 0 aliphatic carbocycles. The molecule has 0 fully saturated rings. The Labute approximate surface area is 165 Å². The minimum Gasteiger partial charge on any atom is -0.481 e. The fourth-order valence-electron chi connectivity index (χ4n) is 3.17. The first kappa shape index (κ1) is 21.6. The third-order valence-corrected chi connectivity index (χ3v) is 4.51. The molecule has 0 amide bonds. The number of nitrogens with one attached hydrogen (secondary N) is 2. The lowest BCUT2D eigenvalue weighted by Crippen LogP contribution is -2.36. The molecular weight excluding hydrogens is 356 g/mol. The average molecular weight is 384 g/mol. The first-order valence-electron chi connectivity index (χ1n) is 9.58. The number of carbonyl (C=O) groups is 2. The highest BCUT2D eigenvalue weighted by Gasteiger charge is 2.24. The van der Waals surface area contributed by atoms with Crippen LogP contribution in [0.15, 0.2) is 60.7 Å². The largest absolute Gasteiger partial charge is 0.481 e. The van der Waals surface area contributed by atoms with Crippen LogP contribution in [0.25, 0.3) is 0 Å². The summed E-state index contributed by atoms with van der Waals surface area (Å²) in [5.41, 5.74) is 2.19. The number of benzene rings is 2. The van der Waals surface area contributed by atoms with E-state index in [2.05, 4.69) is 10.6 Å². The molecule has 2 atom stereocenters. The van der Waals surface area contributed by atoms with Crippen molar-refractivity contribution in [1.82, 2.24) is 10.6 Å². The Morgan fingerprint density at radius 3 is 1.36 bits per heavy atom. The Kier molecular flexibility index (Phi) is 9.18. The third kappa shape index (κ3) is 7.50. The molecule has 4 N–H and O–H groups in total. The molecular formula is C22H28N2O4. The molecule has 28 heavy (non-hydrogen) atoms. The van der Waals surface area contributed by atoms with Gasteiger partial charge in [-0.2, -0.15) is 0 Å². The molecule has 0 aliphatic rings. The van der Waals surface area contributed by atoms with Gasteiger partial charge in [0.05, 0.1) is 12.1 Å². The SMILES string of the molecule is O=C(O)CCCN[C@H](c1ccccc1)[C@H](NCCCC(=O)O)c1ccccc1. The van der Waals surface area contributed by atoms with E-state index < -0.39 is 11.9 Å². The third-order valence-electron chi connectivity index (χ3n) is 4.51. The zero-order valence-corrected chi connectivity index (χ0v) is 15.9. The van der Waals surface area contributed by atoms with E-state index in [0.717, 1.165) is 11.1 Å². The van der Waals surface area contributed by atoms with Crippen LogP contribution in [0.4, 0.5) is 0 Å². The summed E-state index contributed by atoms with van der Waals surface area (Å²) in [5, 5.41) is 24.8. The van der Waals surface area contributed by atoms with Gasteiger partial charge in [0.25, 0.3) is 0 Å². The molecule has 0 unspecified atom stereocenters. The quantitative estimate of drug-likeness (QED) is 0.395. The van der Waals surface area contributed by atoms with E-state index in [-0.39, 0.29) is 24.9 Å². The number of hydrogen-bond donors (Lipinski definition) is 4. The van der Waals surface area contributed by atoms with E-state index in [1.165, 1.54) is 0 Å².